The van der Waals surface area contributed by atoms with Crippen molar-refractivity contribution in [3.05, 3.63) is 71.8 Å². The summed E-state index contributed by atoms with van der Waals surface area (Å²) in [5.41, 5.74) is 2.30. The molecule has 0 saturated heterocycles. The van der Waals surface area contributed by atoms with Gasteiger partial charge in [-0.25, -0.2) is 4.99 Å². The van der Waals surface area contributed by atoms with E-state index in [1.807, 2.05) is 36.4 Å². The van der Waals surface area contributed by atoms with E-state index in [1.54, 1.807) is 0 Å². The van der Waals surface area contributed by atoms with Gasteiger partial charge >= 0.3 is 0 Å². The van der Waals surface area contributed by atoms with Crippen molar-refractivity contribution >= 4 is 5.90 Å². The van der Waals surface area contributed by atoms with Crippen molar-refractivity contribution in [3.8, 4) is 0 Å². The SMILES string of the molecule is C[C@@H]1[C@H](C)OC(c2ccccc2)=N[C@H]1c1ccccc1. The molecule has 1 heterocycles. The van der Waals surface area contributed by atoms with Crippen molar-refractivity contribution in [1.29, 1.82) is 0 Å². The van der Waals surface area contributed by atoms with E-state index in [4.69, 9.17) is 9.73 Å². The number of rotatable bonds is 2. The van der Waals surface area contributed by atoms with Crippen molar-refractivity contribution in [2.24, 2.45) is 10.9 Å². The summed E-state index contributed by atoms with van der Waals surface area (Å²) in [6.45, 7) is 4.33. The van der Waals surface area contributed by atoms with Gasteiger partial charge in [0, 0.05) is 11.5 Å². The summed E-state index contributed by atoms with van der Waals surface area (Å²) in [6, 6.07) is 20.8. The van der Waals surface area contributed by atoms with E-state index in [2.05, 4.69) is 38.1 Å². The number of hydrogen-bond acceptors (Lipinski definition) is 2. The van der Waals surface area contributed by atoms with Crippen LogP contribution >= 0.6 is 0 Å². The Labute approximate surface area is 120 Å². The molecule has 2 aromatic carbocycles. The number of benzene rings is 2. The molecule has 0 unspecified atom stereocenters. The molecule has 0 N–H and O–H groups in total. The molecule has 0 fully saturated rings. The molecule has 1 aliphatic rings. The van der Waals surface area contributed by atoms with Crippen LogP contribution in [0.1, 0.15) is 31.0 Å². The van der Waals surface area contributed by atoms with E-state index in [-0.39, 0.29) is 12.1 Å². The fraction of sp³-hybridized carbons (Fsp3) is 0.278. The second kappa shape index (κ2) is 5.49. The van der Waals surface area contributed by atoms with Gasteiger partial charge in [0.1, 0.15) is 6.10 Å². The van der Waals surface area contributed by atoms with Crippen LogP contribution < -0.4 is 0 Å². The van der Waals surface area contributed by atoms with Gasteiger partial charge in [-0.05, 0) is 24.6 Å². The molecular formula is C18H19NO. The van der Waals surface area contributed by atoms with Crippen molar-refractivity contribution in [1.82, 2.24) is 0 Å². The van der Waals surface area contributed by atoms with Crippen LogP contribution in [0.2, 0.25) is 0 Å². The zero-order valence-corrected chi connectivity index (χ0v) is 11.9. The van der Waals surface area contributed by atoms with Crippen molar-refractivity contribution in [2.75, 3.05) is 0 Å². The van der Waals surface area contributed by atoms with E-state index in [0.717, 1.165) is 11.5 Å². The summed E-state index contributed by atoms with van der Waals surface area (Å²) in [7, 11) is 0. The zero-order chi connectivity index (χ0) is 13.9. The average Bonchev–Trinajstić information content (AvgIpc) is 2.51. The van der Waals surface area contributed by atoms with E-state index in [0.29, 0.717) is 5.92 Å². The molecule has 0 aliphatic carbocycles. The van der Waals surface area contributed by atoms with Gasteiger partial charge in [-0.1, -0.05) is 55.5 Å². The number of aliphatic imine (C=N–C) groups is 1. The van der Waals surface area contributed by atoms with E-state index < -0.39 is 0 Å². The summed E-state index contributed by atoms with van der Waals surface area (Å²) in [6.07, 6.45) is 0.160. The number of ether oxygens (including phenoxy) is 1. The lowest BCUT2D eigenvalue weighted by atomic mass is 9.90. The summed E-state index contributed by atoms with van der Waals surface area (Å²) in [5, 5.41) is 0. The third-order valence-electron chi connectivity index (χ3n) is 3.95. The molecule has 0 bridgehead atoms. The highest BCUT2D eigenvalue weighted by Gasteiger charge is 2.31. The standard InChI is InChI=1S/C18H19NO/c1-13-14(2)20-18(16-11-7-4-8-12-16)19-17(13)15-9-5-3-6-10-15/h3-14,17H,1-2H3/t13-,14+,17-/m1/s1. The predicted octanol–water partition coefficient (Wildman–Crippen LogP) is 4.23. The third kappa shape index (κ3) is 2.46. The number of nitrogens with zero attached hydrogens (tertiary/aromatic N) is 1. The minimum absolute atomic E-state index is 0.160. The lowest BCUT2D eigenvalue weighted by Crippen LogP contribution is -2.32. The summed E-state index contributed by atoms with van der Waals surface area (Å²) in [5.74, 6) is 1.12. The minimum Gasteiger partial charge on any atom is -0.474 e. The normalized spacial score (nSPS) is 25.7. The third-order valence-corrected chi connectivity index (χ3v) is 3.95. The second-order valence-corrected chi connectivity index (χ2v) is 5.34. The Morgan fingerprint density at radius 2 is 1.45 bits per heavy atom. The highest BCUT2D eigenvalue weighted by atomic mass is 16.5. The first-order valence-electron chi connectivity index (χ1n) is 7.10. The Balaban J connectivity index is 2.00. The van der Waals surface area contributed by atoms with Crippen LogP contribution in [0.5, 0.6) is 0 Å². The highest BCUT2D eigenvalue weighted by molar-refractivity contribution is 5.94. The van der Waals surface area contributed by atoms with Crippen LogP contribution in [0.3, 0.4) is 0 Å². The van der Waals surface area contributed by atoms with Gasteiger partial charge < -0.3 is 4.74 Å². The number of hydrogen-bond donors (Lipinski definition) is 0. The maximum Gasteiger partial charge on any atom is 0.216 e. The van der Waals surface area contributed by atoms with E-state index >= 15 is 0 Å². The Morgan fingerprint density at radius 1 is 0.850 bits per heavy atom. The molecule has 0 saturated carbocycles. The minimum atomic E-state index is 0.160. The molecule has 0 radical (unpaired) electrons. The van der Waals surface area contributed by atoms with E-state index in [1.165, 1.54) is 5.56 Å². The summed E-state index contributed by atoms with van der Waals surface area (Å²) < 4.78 is 5.99. The molecule has 102 valence electrons. The van der Waals surface area contributed by atoms with E-state index in [9.17, 15) is 0 Å². The van der Waals surface area contributed by atoms with Crippen molar-refractivity contribution in [3.63, 3.8) is 0 Å². The summed E-state index contributed by atoms with van der Waals surface area (Å²) >= 11 is 0. The van der Waals surface area contributed by atoms with Gasteiger partial charge in [0.05, 0.1) is 6.04 Å². The summed E-state index contributed by atoms with van der Waals surface area (Å²) in [4.78, 5) is 4.85. The Kier molecular flexibility index (Phi) is 3.55. The molecular weight excluding hydrogens is 246 g/mol. The van der Waals surface area contributed by atoms with Crippen LogP contribution in [0.15, 0.2) is 65.7 Å². The van der Waals surface area contributed by atoms with Crippen LogP contribution in [0.25, 0.3) is 0 Å². The largest absolute Gasteiger partial charge is 0.474 e. The molecule has 1 aliphatic heterocycles. The molecule has 2 heteroatoms. The predicted molar refractivity (Wildman–Crippen MR) is 81.9 cm³/mol. The Morgan fingerprint density at radius 3 is 2.10 bits per heavy atom. The fourth-order valence-corrected chi connectivity index (χ4v) is 2.57. The molecule has 2 aromatic rings. The van der Waals surface area contributed by atoms with Crippen molar-refractivity contribution < 1.29 is 4.74 Å². The molecule has 2 nitrogen and oxygen atoms in total. The molecule has 3 atom stereocenters. The van der Waals surface area contributed by atoms with Gasteiger partial charge in [0.2, 0.25) is 5.90 Å². The van der Waals surface area contributed by atoms with Gasteiger partial charge in [-0.2, -0.15) is 0 Å². The van der Waals surface area contributed by atoms with Crippen molar-refractivity contribution in [2.45, 2.75) is 26.0 Å². The van der Waals surface area contributed by atoms with Crippen LogP contribution in [0.4, 0.5) is 0 Å². The monoisotopic (exact) mass is 265 g/mol. The van der Waals surface area contributed by atoms with Crippen LogP contribution in [0, 0.1) is 5.92 Å². The second-order valence-electron chi connectivity index (χ2n) is 5.34. The molecule has 20 heavy (non-hydrogen) atoms. The van der Waals surface area contributed by atoms with Crippen LogP contribution in [-0.4, -0.2) is 12.0 Å². The molecule has 0 spiro atoms. The Hall–Kier alpha value is -2.09. The lowest BCUT2D eigenvalue weighted by Gasteiger charge is -2.33. The molecule has 0 amide bonds. The first kappa shape index (κ1) is 12.9. The van der Waals surface area contributed by atoms with Crippen LogP contribution in [-0.2, 0) is 4.74 Å². The van der Waals surface area contributed by atoms with Gasteiger partial charge in [0.15, 0.2) is 0 Å². The maximum absolute atomic E-state index is 5.99. The van der Waals surface area contributed by atoms with Gasteiger partial charge in [-0.3, -0.25) is 0 Å². The topological polar surface area (TPSA) is 21.6 Å². The lowest BCUT2D eigenvalue weighted by molar-refractivity contribution is 0.112. The zero-order valence-electron chi connectivity index (χ0n) is 11.9. The van der Waals surface area contributed by atoms with Gasteiger partial charge in [0.25, 0.3) is 0 Å². The smallest absolute Gasteiger partial charge is 0.216 e. The Bertz CT molecular complexity index is 591. The maximum atomic E-state index is 5.99. The fourth-order valence-electron chi connectivity index (χ4n) is 2.57. The quantitative estimate of drug-likeness (QED) is 0.796. The molecule has 0 aromatic heterocycles. The first-order valence-corrected chi connectivity index (χ1v) is 7.10. The molecule has 3 rings (SSSR count). The highest BCUT2D eigenvalue weighted by Crippen LogP contribution is 2.34. The van der Waals surface area contributed by atoms with Gasteiger partial charge in [-0.15, -0.1) is 0 Å². The first-order chi connectivity index (χ1) is 9.75. The average molecular weight is 265 g/mol.